The molecule has 1 aliphatic heterocycles. The number of nitrogens with one attached hydrogen (secondary N) is 1. The smallest absolute Gasteiger partial charge is 0.222 e. The molecule has 1 aromatic carbocycles. The van der Waals surface area contributed by atoms with E-state index < -0.39 is 0 Å². The number of rotatable bonds is 2. The lowest BCUT2D eigenvalue weighted by Gasteiger charge is -2.31. The summed E-state index contributed by atoms with van der Waals surface area (Å²) in [6, 6.07) is 7.98. The van der Waals surface area contributed by atoms with Gasteiger partial charge in [0.1, 0.15) is 5.82 Å². The number of nitrogens with zero attached hydrogens (tertiary/aromatic N) is 4. The highest BCUT2D eigenvalue weighted by Gasteiger charge is 2.19. The molecule has 7 N–H and O–H groups in total. The molecule has 2 aromatic heterocycles. The fourth-order valence-electron chi connectivity index (χ4n) is 3.18. The van der Waals surface area contributed by atoms with Gasteiger partial charge in [-0.1, -0.05) is 6.07 Å². The van der Waals surface area contributed by atoms with E-state index in [-0.39, 0.29) is 49.2 Å². The van der Waals surface area contributed by atoms with Crippen LogP contribution in [0.1, 0.15) is 12.8 Å². The zero-order chi connectivity index (χ0) is 16.7. The summed E-state index contributed by atoms with van der Waals surface area (Å²) in [5.74, 6) is 1.56. The van der Waals surface area contributed by atoms with Gasteiger partial charge >= 0.3 is 0 Å². The number of nitrogens with two attached hydrogens (primary N) is 3. The fourth-order valence-corrected chi connectivity index (χ4v) is 3.18. The maximum Gasteiger partial charge on any atom is 0.222 e. The normalized spacial score (nSPS) is 16.2. The Morgan fingerprint density at radius 2 is 1.85 bits per heavy atom. The van der Waals surface area contributed by atoms with E-state index in [0.717, 1.165) is 53.9 Å². The quantitative estimate of drug-likeness (QED) is 0.487. The lowest BCUT2D eigenvalue weighted by Crippen LogP contribution is -2.43. The van der Waals surface area contributed by atoms with Crippen molar-refractivity contribution in [2.45, 2.75) is 18.9 Å². The molecule has 1 fully saturated rings. The molecule has 0 bridgehead atoms. The molecule has 3 aromatic rings. The fraction of sp³-hybridized carbons (Fsp3) is 0.312. The number of anilines is 3. The number of hydrogen-bond acceptors (Lipinski definition) is 7. The van der Waals surface area contributed by atoms with Crippen LogP contribution in [0, 0.1) is 0 Å². The highest BCUT2D eigenvalue weighted by Crippen LogP contribution is 2.28. The van der Waals surface area contributed by atoms with Crippen molar-refractivity contribution in [1.29, 1.82) is 0 Å². The molecule has 148 valence electrons. The van der Waals surface area contributed by atoms with Gasteiger partial charge in [0.25, 0.3) is 0 Å². The molecule has 1 saturated heterocycles. The summed E-state index contributed by atoms with van der Waals surface area (Å²) in [6.45, 7) is 1.71. The Labute approximate surface area is 175 Å². The molecule has 0 aliphatic carbocycles. The molecule has 0 saturated carbocycles. The number of halogens is 3. The molecule has 0 spiro atoms. The Morgan fingerprint density at radius 1 is 1.07 bits per heavy atom. The number of hydrogen-bond donors (Lipinski definition) is 4. The zero-order valence-electron chi connectivity index (χ0n) is 14.5. The van der Waals surface area contributed by atoms with E-state index >= 15 is 0 Å². The number of nitrogen functional groups attached to an aromatic ring is 2. The molecular weight excluding hydrogens is 411 g/mol. The second-order valence-electron chi connectivity index (χ2n) is 6.19. The number of benzene rings is 1. The third-order valence-electron chi connectivity index (χ3n) is 4.40. The van der Waals surface area contributed by atoms with Crippen molar-refractivity contribution in [2.24, 2.45) is 5.73 Å². The number of aromatic amines is 1. The molecular formula is C16H23Cl3N8. The first kappa shape index (κ1) is 23.0. The number of aromatic nitrogens is 4. The van der Waals surface area contributed by atoms with Gasteiger partial charge in [-0.3, -0.25) is 5.10 Å². The average Bonchev–Trinajstić information content (AvgIpc) is 2.95. The van der Waals surface area contributed by atoms with Gasteiger partial charge in [-0.2, -0.15) is 10.1 Å². The van der Waals surface area contributed by atoms with Gasteiger partial charge in [0, 0.05) is 36.1 Å². The van der Waals surface area contributed by atoms with Crippen molar-refractivity contribution in [2.75, 3.05) is 29.5 Å². The van der Waals surface area contributed by atoms with Crippen molar-refractivity contribution in [3.05, 3.63) is 24.3 Å². The molecule has 0 amide bonds. The molecule has 3 heterocycles. The van der Waals surface area contributed by atoms with Crippen LogP contribution in [0.15, 0.2) is 24.3 Å². The average molecular weight is 434 g/mol. The van der Waals surface area contributed by atoms with E-state index in [2.05, 4.69) is 25.1 Å². The minimum atomic E-state index is 0. The van der Waals surface area contributed by atoms with Crippen molar-refractivity contribution in [3.8, 4) is 11.3 Å². The minimum Gasteiger partial charge on any atom is -0.382 e. The Kier molecular flexibility index (Phi) is 7.91. The van der Waals surface area contributed by atoms with Crippen LogP contribution < -0.4 is 22.1 Å². The van der Waals surface area contributed by atoms with Crippen LogP contribution >= 0.6 is 37.2 Å². The first-order valence-electron chi connectivity index (χ1n) is 7.99. The Bertz CT molecular complexity index is 901. The van der Waals surface area contributed by atoms with Crippen LogP contribution in [0.3, 0.4) is 0 Å². The third kappa shape index (κ3) is 4.65. The van der Waals surface area contributed by atoms with Gasteiger partial charge in [-0.05, 0) is 25.0 Å². The van der Waals surface area contributed by atoms with E-state index in [0.29, 0.717) is 5.82 Å². The summed E-state index contributed by atoms with van der Waals surface area (Å²) in [4.78, 5) is 10.9. The molecule has 1 aliphatic rings. The summed E-state index contributed by atoms with van der Waals surface area (Å²) in [6.07, 6.45) is 2.10. The first-order valence-corrected chi connectivity index (χ1v) is 7.99. The Balaban J connectivity index is 0.00000121. The topological polar surface area (TPSA) is 136 Å². The minimum absolute atomic E-state index is 0. The summed E-state index contributed by atoms with van der Waals surface area (Å²) >= 11 is 0. The highest BCUT2D eigenvalue weighted by atomic mass is 35.5. The van der Waals surface area contributed by atoms with Crippen LogP contribution in [0.4, 0.5) is 17.6 Å². The Morgan fingerprint density at radius 3 is 2.59 bits per heavy atom. The first-order chi connectivity index (χ1) is 11.6. The largest absolute Gasteiger partial charge is 0.382 e. The van der Waals surface area contributed by atoms with Crippen LogP contribution in [-0.4, -0.2) is 39.3 Å². The number of H-pyrrole nitrogens is 1. The molecule has 0 radical (unpaired) electrons. The van der Waals surface area contributed by atoms with Crippen LogP contribution in [0.5, 0.6) is 0 Å². The summed E-state index contributed by atoms with van der Waals surface area (Å²) < 4.78 is 0. The van der Waals surface area contributed by atoms with E-state index in [4.69, 9.17) is 17.2 Å². The second kappa shape index (κ2) is 9.27. The summed E-state index contributed by atoms with van der Waals surface area (Å²) in [5, 5.41) is 7.83. The van der Waals surface area contributed by atoms with E-state index in [1.807, 2.05) is 24.3 Å². The van der Waals surface area contributed by atoms with E-state index in [1.165, 1.54) is 0 Å². The SMILES string of the molecule is Cl.Cl.Cl.Nc1nc(-c2ccc3c(N)n[nH]c3c2)cc(N2CCCC(N)C2)n1. The van der Waals surface area contributed by atoms with Crippen molar-refractivity contribution in [1.82, 2.24) is 20.2 Å². The Hall–Kier alpha value is -2.00. The second-order valence-corrected chi connectivity index (χ2v) is 6.19. The molecule has 1 unspecified atom stereocenters. The van der Waals surface area contributed by atoms with Gasteiger partial charge in [-0.15, -0.1) is 37.2 Å². The predicted octanol–water partition coefficient (Wildman–Crippen LogP) is 2.38. The van der Waals surface area contributed by atoms with Crippen LogP contribution in [-0.2, 0) is 0 Å². The van der Waals surface area contributed by atoms with Crippen LogP contribution in [0.2, 0.25) is 0 Å². The van der Waals surface area contributed by atoms with E-state index in [1.54, 1.807) is 0 Å². The third-order valence-corrected chi connectivity index (χ3v) is 4.40. The lowest BCUT2D eigenvalue weighted by atomic mass is 10.1. The van der Waals surface area contributed by atoms with Crippen LogP contribution in [0.25, 0.3) is 22.2 Å². The van der Waals surface area contributed by atoms with Crippen molar-refractivity contribution < 1.29 is 0 Å². The number of piperidine rings is 1. The molecule has 8 nitrogen and oxygen atoms in total. The molecule has 1 atom stereocenters. The standard InChI is InChI=1S/C16H20N8.3ClH/c17-10-2-1-5-24(8-10)14-7-12(20-16(19)21-14)9-3-4-11-13(6-9)22-23-15(11)18;;;/h3-4,6-7,10H,1-2,5,8,17H2,(H3,18,22,23)(H2,19,20,21);3*1H. The summed E-state index contributed by atoms with van der Waals surface area (Å²) in [7, 11) is 0. The van der Waals surface area contributed by atoms with Gasteiger partial charge < -0.3 is 22.1 Å². The maximum atomic E-state index is 6.08. The molecule has 27 heavy (non-hydrogen) atoms. The van der Waals surface area contributed by atoms with Crippen molar-refractivity contribution >= 4 is 65.7 Å². The van der Waals surface area contributed by atoms with E-state index in [9.17, 15) is 0 Å². The van der Waals surface area contributed by atoms with Crippen molar-refractivity contribution in [3.63, 3.8) is 0 Å². The van der Waals surface area contributed by atoms with Gasteiger partial charge in [0.05, 0.1) is 11.2 Å². The number of fused-ring (bicyclic) bond motifs is 1. The van der Waals surface area contributed by atoms with Gasteiger partial charge in [0.2, 0.25) is 5.95 Å². The van der Waals surface area contributed by atoms with Gasteiger partial charge in [-0.25, -0.2) is 4.98 Å². The monoisotopic (exact) mass is 432 g/mol. The molecule has 11 heteroatoms. The zero-order valence-corrected chi connectivity index (χ0v) is 16.9. The predicted molar refractivity (Wildman–Crippen MR) is 117 cm³/mol. The lowest BCUT2D eigenvalue weighted by molar-refractivity contribution is 0.503. The highest BCUT2D eigenvalue weighted by molar-refractivity contribution is 5.91. The van der Waals surface area contributed by atoms with Gasteiger partial charge in [0.15, 0.2) is 5.82 Å². The molecule has 4 rings (SSSR count). The summed E-state index contributed by atoms with van der Waals surface area (Å²) in [5.41, 5.74) is 20.4. The maximum absolute atomic E-state index is 6.08.